The van der Waals surface area contributed by atoms with E-state index in [1.807, 2.05) is 69.2 Å². The summed E-state index contributed by atoms with van der Waals surface area (Å²) < 4.78 is 0. The topological polar surface area (TPSA) is 82.9 Å². The van der Waals surface area contributed by atoms with Crippen molar-refractivity contribution in [3.05, 3.63) is 0 Å². The molecule has 6 heteroatoms. The molecule has 0 atom stereocenters. The van der Waals surface area contributed by atoms with E-state index >= 15 is 0 Å². The lowest BCUT2D eigenvalue weighted by Gasteiger charge is -2.28. The maximum absolute atomic E-state index is 12.4. The van der Waals surface area contributed by atoms with Crippen molar-refractivity contribution in [3.63, 3.8) is 0 Å². The number of rotatable bonds is 7. The minimum absolute atomic E-state index is 0.0922. The van der Waals surface area contributed by atoms with Gasteiger partial charge in [0.15, 0.2) is 0 Å². The molecule has 0 fully saturated rings. The number of hydrogen-bond acceptors (Lipinski definition) is 4. The Kier molecular flexibility index (Phi) is 8.20. The predicted molar refractivity (Wildman–Crippen MR) is 109 cm³/mol. The molecule has 0 aromatic carbocycles. The van der Waals surface area contributed by atoms with Crippen LogP contribution in [-0.2, 0) is 9.59 Å². The summed E-state index contributed by atoms with van der Waals surface area (Å²) in [5.41, 5.74) is 3.77. The molecule has 26 heavy (non-hydrogen) atoms. The summed E-state index contributed by atoms with van der Waals surface area (Å²) in [4.78, 5) is 24.7. The highest BCUT2D eigenvalue weighted by Crippen LogP contribution is 2.31. The summed E-state index contributed by atoms with van der Waals surface area (Å²) in [6.45, 7) is 19.5. The molecule has 0 rings (SSSR count). The normalized spacial score (nSPS) is 14.1. The van der Waals surface area contributed by atoms with E-state index in [1.165, 1.54) is 0 Å². The van der Waals surface area contributed by atoms with Gasteiger partial charge in [0.05, 0.1) is 0 Å². The second-order valence-electron chi connectivity index (χ2n) is 10.4. The van der Waals surface area contributed by atoms with Crippen LogP contribution in [0.1, 0.15) is 82.1 Å². The summed E-state index contributed by atoms with van der Waals surface area (Å²) in [5, 5.41) is 8.06. The molecule has 0 saturated heterocycles. The predicted octanol–water partition coefficient (Wildman–Crippen LogP) is 4.12. The van der Waals surface area contributed by atoms with Gasteiger partial charge in [-0.15, -0.1) is 0 Å². The molecular formula is C20H38N4O2. The molecule has 0 unspecified atom stereocenters. The zero-order chi connectivity index (χ0) is 20.8. The second kappa shape index (κ2) is 8.78. The molecule has 2 amide bonds. The molecule has 150 valence electrons. The molecule has 6 nitrogen and oxygen atoms in total. The Hall–Kier alpha value is -1.72. The molecule has 0 saturated carbocycles. The van der Waals surface area contributed by atoms with Gasteiger partial charge in [-0.05, 0) is 23.7 Å². The number of carbonyl (C=O) groups excluding carboxylic acids is 2. The van der Waals surface area contributed by atoms with Crippen molar-refractivity contribution in [1.82, 2.24) is 10.9 Å². The Labute approximate surface area is 159 Å². The van der Waals surface area contributed by atoms with Crippen LogP contribution in [0, 0.1) is 21.7 Å². The third-order valence-electron chi connectivity index (χ3n) is 3.84. The van der Waals surface area contributed by atoms with Gasteiger partial charge in [-0.2, -0.15) is 10.2 Å². The molecule has 2 N–H and O–H groups in total. The van der Waals surface area contributed by atoms with Crippen molar-refractivity contribution in [1.29, 1.82) is 0 Å². The number of amides is 2. The van der Waals surface area contributed by atoms with Crippen molar-refractivity contribution in [2.45, 2.75) is 82.1 Å². The van der Waals surface area contributed by atoms with Crippen molar-refractivity contribution in [3.8, 4) is 0 Å². The highest BCUT2D eigenvalue weighted by molar-refractivity contribution is 5.84. The van der Waals surface area contributed by atoms with Crippen molar-refractivity contribution >= 4 is 24.2 Å². The van der Waals surface area contributed by atoms with Gasteiger partial charge < -0.3 is 0 Å². The Balaban J connectivity index is 4.71. The van der Waals surface area contributed by atoms with Gasteiger partial charge in [0.2, 0.25) is 11.8 Å². The van der Waals surface area contributed by atoms with Gasteiger partial charge in [0.25, 0.3) is 0 Å². The molecule has 0 spiro atoms. The van der Waals surface area contributed by atoms with Crippen LogP contribution in [0.5, 0.6) is 0 Å². The van der Waals surface area contributed by atoms with Crippen LogP contribution in [0.2, 0.25) is 0 Å². The Morgan fingerprint density at radius 1 is 0.654 bits per heavy atom. The van der Waals surface area contributed by atoms with Crippen molar-refractivity contribution < 1.29 is 9.59 Å². The highest BCUT2D eigenvalue weighted by atomic mass is 16.2. The molecule has 0 heterocycles. The minimum Gasteiger partial charge on any atom is -0.273 e. The molecule has 0 aromatic heterocycles. The number of hydrogen-bond donors (Lipinski definition) is 2. The van der Waals surface area contributed by atoms with Gasteiger partial charge in [0.1, 0.15) is 0 Å². The van der Waals surface area contributed by atoms with E-state index < -0.39 is 10.8 Å². The third-order valence-corrected chi connectivity index (χ3v) is 3.84. The van der Waals surface area contributed by atoms with Crippen molar-refractivity contribution in [2.75, 3.05) is 0 Å². The smallest absolute Gasteiger partial charge is 0.245 e. The van der Waals surface area contributed by atoms with Gasteiger partial charge in [-0.3, -0.25) is 9.59 Å². The van der Waals surface area contributed by atoms with Crippen LogP contribution in [-0.4, -0.2) is 24.2 Å². The Morgan fingerprint density at radius 2 is 0.923 bits per heavy atom. The first-order valence-corrected chi connectivity index (χ1v) is 9.16. The van der Waals surface area contributed by atoms with E-state index in [1.54, 1.807) is 12.4 Å². The maximum atomic E-state index is 12.4. The fourth-order valence-corrected chi connectivity index (χ4v) is 1.72. The summed E-state index contributed by atoms with van der Waals surface area (Å²) in [5.74, 6) is -0.306. The van der Waals surface area contributed by atoms with Crippen LogP contribution in [0.25, 0.3) is 0 Å². The van der Waals surface area contributed by atoms with E-state index in [4.69, 9.17) is 0 Å². The average molecular weight is 367 g/mol. The first kappa shape index (κ1) is 24.3. The molecular weight excluding hydrogens is 328 g/mol. The van der Waals surface area contributed by atoms with E-state index in [2.05, 4.69) is 21.1 Å². The summed E-state index contributed by atoms with van der Waals surface area (Å²) in [6, 6.07) is 0. The van der Waals surface area contributed by atoms with Crippen LogP contribution in [0.4, 0.5) is 0 Å². The lowest BCUT2D eigenvalue weighted by Crippen LogP contribution is -2.38. The van der Waals surface area contributed by atoms with Gasteiger partial charge in [-0.25, -0.2) is 10.9 Å². The SMILES string of the molecule is CC(C)(C)/C=N/NC(=O)C(C)(C)CCC(C)(C)C(=O)N/N=C/C(C)(C)C. The summed E-state index contributed by atoms with van der Waals surface area (Å²) in [7, 11) is 0. The molecule has 0 bridgehead atoms. The molecule has 0 aliphatic rings. The number of nitrogens with one attached hydrogen (secondary N) is 2. The van der Waals surface area contributed by atoms with E-state index in [0.717, 1.165) is 0 Å². The summed E-state index contributed by atoms with van der Waals surface area (Å²) in [6.07, 6.45) is 4.55. The highest BCUT2D eigenvalue weighted by Gasteiger charge is 2.34. The monoisotopic (exact) mass is 366 g/mol. The van der Waals surface area contributed by atoms with Gasteiger partial charge in [0, 0.05) is 23.3 Å². The molecule has 0 aliphatic heterocycles. The van der Waals surface area contributed by atoms with E-state index in [-0.39, 0.29) is 22.6 Å². The van der Waals surface area contributed by atoms with Crippen LogP contribution < -0.4 is 10.9 Å². The largest absolute Gasteiger partial charge is 0.273 e. The van der Waals surface area contributed by atoms with E-state index in [9.17, 15) is 9.59 Å². The quantitative estimate of drug-likeness (QED) is 0.525. The number of hydrazone groups is 2. The first-order chi connectivity index (χ1) is 11.5. The van der Waals surface area contributed by atoms with Gasteiger partial charge in [-0.1, -0.05) is 69.2 Å². The third kappa shape index (κ3) is 10.3. The maximum Gasteiger partial charge on any atom is 0.245 e. The Bertz CT molecular complexity index is 497. The average Bonchev–Trinajstić information content (AvgIpc) is 2.42. The van der Waals surface area contributed by atoms with Gasteiger partial charge >= 0.3 is 0 Å². The molecule has 0 aromatic rings. The summed E-state index contributed by atoms with van der Waals surface area (Å²) >= 11 is 0. The minimum atomic E-state index is -0.624. The molecule has 0 radical (unpaired) electrons. The van der Waals surface area contributed by atoms with Crippen molar-refractivity contribution in [2.24, 2.45) is 31.9 Å². The fourth-order valence-electron chi connectivity index (χ4n) is 1.72. The lowest BCUT2D eigenvalue weighted by atomic mass is 9.78. The zero-order valence-corrected chi connectivity index (χ0v) is 18.3. The second-order valence-corrected chi connectivity index (χ2v) is 10.4. The Morgan fingerprint density at radius 3 is 1.15 bits per heavy atom. The number of nitrogens with zero attached hydrogens (tertiary/aromatic N) is 2. The van der Waals surface area contributed by atoms with E-state index in [0.29, 0.717) is 12.8 Å². The van der Waals surface area contributed by atoms with Crippen LogP contribution in [0.15, 0.2) is 10.2 Å². The standard InChI is InChI=1S/C20H38N4O2/c1-17(2,3)13-21-23-15(25)19(7,8)11-12-20(9,10)16(26)24-22-14-18(4,5)6/h13-14H,11-12H2,1-10H3,(H,23,25)(H,24,26)/b21-13+,22-14+. The zero-order valence-electron chi connectivity index (χ0n) is 18.3. The molecule has 0 aliphatic carbocycles. The number of carbonyl (C=O) groups is 2. The van der Waals surface area contributed by atoms with Crippen LogP contribution in [0.3, 0.4) is 0 Å². The fraction of sp³-hybridized carbons (Fsp3) is 0.800. The first-order valence-electron chi connectivity index (χ1n) is 9.16. The van der Waals surface area contributed by atoms with Crippen LogP contribution >= 0.6 is 0 Å². The lowest BCUT2D eigenvalue weighted by molar-refractivity contribution is -0.133.